The summed E-state index contributed by atoms with van der Waals surface area (Å²) in [5.41, 5.74) is 3.38. The number of methoxy groups -OCH3 is 3. The summed E-state index contributed by atoms with van der Waals surface area (Å²) in [6, 6.07) is 13.3. The van der Waals surface area contributed by atoms with Crippen molar-refractivity contribution in [2.75, 3.05) is 34.9 Å². The third-order valence-electron chi connectivity index (χ3n) is 4.28. The van der Waals surface area contributed by atoms with Gasteiger partial charge in [-0.05, 0) is 48.4 Å². The number of nitrogens with zero attached hydrogens (tertiary/aromatic N) is 1. The molecule has 0 aliphatic rings. The van der Waals surface area contributed by atoms with Crippen LogP contribution in [0.3, 0.4) is 0 Å². The average Bonchev–Trinajstić information content (AvgIpc) is 2.78. The summed E-state index contributed by atoms with van der Waals surface area (Å²) in [4.78, 5) is 0. The van der Waals surface area contributed by atoms with Crippen LogP contribution >= 0.6 is 0 Å². The Balaban J connectivity index is 2.41. The van der Waals surface area contributed by atoms with Crippen LogP contribution in [0, 0.1) is 11.3 Å². The molecule has 0 aliphatic heterocycles. The second-order valence-corrected chi connectivity index (χ2v) is 6.39. The van der Waals surface area contributed by atoms with E-state index in [2.05, 4.69) is 6.07 Å². The molecule has 0 radical (unpaired) electrons. The fraction of sp³-hybridized carbons (Fsp3) is 0.292. The second kappa shape index (κ2) is 12.3. The molecule has 0 fully saturated rings. The van der Waals surface area contributed by atoms with Crippen molar-refractivity contribution in [2.45, 2.75) is 13.3 Å². The second-order valence-electron chi connectivity index (χ2n) is 6.39. The summed E-state index contributed by atoms with van der Waals surface area (Å²) in [6.45, 7) is 2.12. The molecule has 158 valence electrons. The monoisotopic (exact) mass is 409 g/mol. The molecule has 0 aliphatic carbocycles. The predicted molar refractivity (Wildman–Crippen MR) is 116 cm³/mol. The molecular formula is C24H27NO5. The highest BCUT2D eigenvalue weighted by atomic mass is 16.7. The summed E-state index contributed by atoms with van der Waals surface area (Å²) >= 11 is 0. The number of rotatable bonds is 11. The van der Waals surface area contributed by atoms with Crippen LogP contribution in [0.4, 0.5) is 0 Å². The molecule has 2 aromatic rings. The Bertz CT molecular complexity index is 881. The van der Waals surface area contributed by atoms with Gasteiger partial charge in [0.05, 0.1) is 24.5 Å². The van der Waals surface area contributed by atoms with Crippen LogP contribution < -0.4 is 9.47 Å². The van der Waals surface area contributed by atoms with Gasteiger partial charge in [-0.15, -0.1) is 0 Å². The maximum Gasteiger partial charge on any atom is 0.188 e. The quantitative estimate of drug-likeness (QED) is 0.302. The van der Waals surface area contributed by atoms with Crippen molar-refractivity contribution < 1.29 is 23.7 Å². The first-order valence-electron chi connectivity index (χ1n) is 9.40. The highest BCUT2D eigenvalue weighted by molar-refractivity contribution is 5.72. The SMILES string of the molecule is COCOc1cc(C=Cc2ccc(C#N)cc2)cc(OCOC)c1CC=C(C)OC. The molecule has 0 N–H and O–H groups in total. The molecule has 0 saturated carbocycles. The van der Waals surface area contributed by atoms with Crippen LogP contribution in [-0.2, 0) is 20.6 Å². The van der Waals surface area contributed by atoms with Gasteiger partial charge in [0.1, 0.15) is 11.5 Å². The van der Waals surface area contributed by atoms with Crippen LogP contribution in [0.2, 0.25) is 0 Å². The predicted octanol–water partition coefficient (Wildman–Crippen LogP) is 4.79. The Morgan fingerprint density at radius 2 is 1.47 bits per heavy atom. The zero-order chi connectivity index (χ0) is 21.8. The van der Waals surface area contributed by atoms with Crippen molar-refractivity contribution >= 4 is 12.2 Å². The van der Waals surface area contributed by atoms with Gasteiger partial charge in [0, 0.05) is 26.2 Å². The Hall–Kier alpha value is -3.27. The largest absolute Gasteiger partial charge is 0.502 e. The van der Waals surface area contributed by atoms with Crippen LogP contribution in [0.15, 0.2) is 48.2 Å². The van der Waals surface area contributed by atoms with E-state index in [1.54, 1.807) is 33.5 Å². The number of hydrogen-bond donors (Lipinski definition) is 0. The molecule has 30 heavy (non-hydrogen) atoms. The highest BCUT2D eigenvalue weighted by Gasteiger charge is 2.13. The van der Waals surface area contributed by atoms with E-state index in [0.717, 1.165) is 22.4 Å². The number of benzene rings is 2. The maximum atomic E-state index is 8.93. The van der Waals surface area contributed by atoms with E-state index >= 15 is 0 Å². The Kier molecular flexibility index (Phi) is 9.46. The molecule has 2 rings (SSSR count). The molecule has 2 aromatic carbocycles. The van der Waals surface area contributed by atoms with E-state index in [-0.39, 0.29) is 13.6 Å². The molecular weight excluding hydrogens is 382 g/mol. The third-order valence-corrected chi connectivity index (χ3v) is 4.28. The summed E-state index contributed by atoms with van der Waals surface area (Å²) < 4.78 is 27.0. The topological polar surface area (TPSA) is 69.9 Å². The highest BCUT2D eigenvalue weighted by Crippen LogP contribution is 2.33. The van der Waals surface area contributed by atoms with Crippen molar-refractivity contribution in [3.63, 3.8) is 0 Å². The molecule has 0 unspecified atom stereocenters. The number of hydrogen-bond acceptors (Lipinski definition) is 6. The van der Waals surface area contributed by atoms with Crippen molar-refractivity contribution in [1.82, 2.24) is 0 Å². The molecule has 0 heterocycles. The molecule has 0 bridgehead atoms. The van der Waals surface area contributed by atoms with Gasteiger partial charge in [-0.1, -0.05) is 24.3 Å². The normalized spacial score (nSPS) is 11.4. The summed E-state index contributed by atoms with van der Waals surface area (Å²) in [5.74, 6) is 2.12. The molecule has 0 saturated heterocycles. The van der Waals surface area contributed by atoms with Gasteiger partial charge in [0.2, 0.25) is 0 Å². The van der Waals surface area contributed by atoms with Gasteiger partial charge < -0.3 is 23.7 Å². The minimum absolute atomic E-state index is 0.118. The fourth-order valence-corrected chi connectivity index (χ4v) is 2.63. The standard InChI is InChI=1S/C24H27NO5/c1-18(28-4)5-12-22-23(29-16-26-2)13-21(14-24(22)30-17-27-3)11-8-19-6-9-20(15-25)10-7-19/h5-11,13-14H,12,16-17H2,1-4H3. The molecule has 0 spiro atoms. The minimum Gasteiger partial charge on any atom is -0.502 e. The van der Waals surface area contributed by atoms with Gasteiger partial charge in [0.15, 0.2) is 13.6 Å². The van der Waals surface area contributed by atoms with Crippen molar-refractivity contribution in [3.8, 4) is 17.6 Å². The smallest absolute Gasteiger partial charge is 0.188 e. The minimum atomic E-state index is 0.118. The maximum absolute atomic E-state index is 8.93. The number of nitriles is 1. The van der Waals surface area contributed by atoms with Crippen molar-refractivity contribution in [1.29, 1.82) is 5.26 Å². The van der Waals surface area contributed by atoms with Crippen molar-refractivity contribution in [3.05, 3.63) is 70.5 Å². The first-order chi connectivity index (χ1) is 14.6. The first-order valence-corrected chi connectivity index (χ1v) is 9.40. The lowest BCUT2D eigenvalue weighted by Crippen LogP contribution is -2.06. The molecule has 6 heteroatoms. The van der Waals surface area contributed by atoms with E-state index in [4.69, 9.17) is 28.9 Å². The van der Waals surface area contributed by atoms with Crippen LogP contribution in [0.5, 0.6) is 11.5 Å². The zero-order valence-electron chi connectivity index (χ0n) is 17.8. The van der Waals surface area contributed by atoms with Crippen LogP contribution in [0.1, 0.15) is 29.2 Å². The summed E-state index contributed by atoms with van der Waals surface area (Å²) in [6.07, 6.45) is 6.45. The van der Waals surface area contributed by atoms with Gasteiger partial charge in [-0.25, -0.2) is 0 Å². The van der Waals surface area contributed by atoms with Crippen LogP contribution in [-0.4, -0.2) is 34.9 Å². The fourth-order valence-electron chi connectivity index (χ4n) is 2.63. The third kappa shape index (κ3) is 6.96. The Morgan fingerprint density at radius 1 is 0.900 bits per heavy atom. The zero-order valence-corrected chi connectivity index (χ0v) is 17.8. The van der Waals surface area contributed by atoms with Crippen LogP contribution in [0.25, 0.3) is 12.2 Å². The van der Waals surface area contributed by atoms with Crippen molar-refractivity contribution in [2.24, 2.45) is 0 Å². The van der Waals surface area contributed by atoms with E-state index in [1.165, 1.54) is 0 Å². The molecule has 0 atom stereocenters. The number of ether oxygens (including phenoxy) is 5. The van der Waals surface area contributed by atoms with Gasteiger partial charge >= 0.3 is 0 Å². The van der Waals surface area contributed by atoms with Gasteiger partial charge in [-0.2, -0.15) is 5.26 Å². The van der Waals surface area contributed by atoms with Gasteiger partial charge in [0.25, 0.3) is 0 Å². The summed E-state index contributed by atoms with van der Waals surface area (Å²) in [7, 11) is 4.78. The lowest BCUT2D eigenvalue weighted by Gasteiger charge is -2.16. The summed E-state index contributed by atoms with van der Waals surface area (Å²) in [5, 5.41) is 8.93. The Labute approximate surface area is 177 Å². The average molecular weight is 409 g/mol. The van der Waals surface area contributed by atoms with E-state index in [9.17, 15) is 0 Å². The van der Waals surface area contributed by atoms with E-state index < -0.39 is 0 Å². The molecule has 6 nitrogen and oxygen atoms in total. The van der Waals surface area contributed by atoms with E-state index in [0.29, 0.717) is 23.5 Å². The molecule has 0 amide bonds. The first kappa shape index (κ1) is 23.0. The lowest BCUT2D eigenvalue weighted by atomic mass is 10.0. The van der Waals surface area contributed by atoms with Gasteiger partial charge in [-0.3, -0.25) is 0 Å². The van der Waals surface area contributed by atoms with E-state index in [1.807, 2.05) is 49.4 Å². The lowest BCUT2D eigenvalue weighted by molar-refractivity contribution is 0.0448. The molecule has 0 aromatic heterocycles. The number of allylic oxidation sites excluding steroid dienone is 2. The Morgan fingerprint density at radius 3 is 1.97 bits per heavy atom.